The van der Waals surface area contributed by atoms with Gasteiger partial charge in [0, 0.05) is 23.2 Å². The minimum atomic E-state index is -0.353. The van der Waals surface area contributed by atoms with Gasteiger partial charge in [-0.2, -0.15) is 0 Å². The zero-order chi connectivity index (χ0) is 13.0. The van der Waals surface area contributed by atoms with Gasteiger partial charge in [0.15, 0.2) is 0 Å². The number of hydrogen-bond donors (Lipinski definition) is 1. The summed E-state index contributed by atoms with van der Waals surface area (Å²) in [5.74, 6) is 0. The lowest BCUT2D eigenvalue weighted by atomic mass is 10.1. The quantitative estimate of drug-likeness (QED) is 0.658. The molecule has 94 valence electrons. The Morgan fingerprint density at radius 2 is 2.06 bits per heavy atom. The summed E-state index contributed by atoms with van der Waals surface area (Å²) in [6.45, 7) is 2.73. The number of nitro groups is 1. The smallest absolute Gasteiger partial charge is 0.324 e. The maximum atomic E-state index is 10.6. The molecule has 5 heteroatoms. The summed E-state index contributed by atoms with van der Waals surface area (Å²) in [6, 6.07) is 11.5. The van der Waals surface area contributed by atoms with Crippen molar-refractivity contribution in [1.82, 2.24) is 0 Å². The van der Waals surface area contributed by atoms with Gasteiger partial charge in [0.2, 0.25) is 0 Å². The van der Waals surface area contributed by atoms with Crippen molar-refractivity contribution in [3.63, 3.8) is 0 Å². The molecule has 0 radical (unpaired) electrons. The van der Waals surface area contributed by atoms with Gasteiger partial charge in [0.1, 0.15) is 0 Å². The van der Waals surface area contributed by atoms with Gasteiger partial charge < -0.3 is 5.32 Å². The molecule has 2 aromatic rings. The number of para-hydroxylation sites is 1. The molecule has 1 aromatic carbocycles. The highest BCUT2D eigenvalue weighted by molar-refractivity contribution is 7.15. The fourth-order valence-corrected chi connectivity index (χ4v) is 2.50. The molecule has 0 aliphatic carbocycles. The van der Waals surface area contributed by atoms with Crippen LogP contribution >= 0.6 is 11.3 Å². The first-order chi connectivity index (χ1) is 8.70. The molecule has 0 saturated carbocycles. The maximum Gasteiger partial charge on any atom is 0.324 e. The third-order valence-electron chi connectivity index (χ3n) is 2.68. The van der Waals surface area contributed by atoms with E-state index in [0.29, 0.717) is 6.54 Å². The first-order valence-electron chi connectivity index (χ1n) is 5.75. The molecule has 0 aliphatic heterocycles. The average molecular weight is 262 g/mol. The van der Waals surface area contributed by atoms with E-state index in [1.807, 2.05) is 18.2 Å². The van der Waals surface area contributed by atoms with Gasteiger partial charge in [0.25, 0.3) is 0 Å². The molecule has 18 heavy (non-hydrogen) atoms. The second-order valence-electron chi connectivity index (χ2n) is 3.86. The molecule has 0 unspecified atom stereocenters. The molecule has 0 atom stereocenters. The second-order valence-corrected chi connectivity index (χ2v) is 5.01. The van der Waals surface area contributed by atoms with Gasteiger partial charge in [-0.3, -0.25) is 10.1 Å². The number of nitrogens with one attached hydrogen (secondary N) is 1. The van der Waals surface area contributed by atoms with Crippen molar-refractivity contribution >= 4 is 22.0 Å². The molecule has 2 rings (SSSR count). The van der Waals surface area contributed by atoms with Crippen LogP contribution < -0.4 is 5.32 Å². The van der Waals surface area contributed by atoms with Gasteiger partial charge in [0.05, 0.1) is 4.92 Å². The third kappa shape index (κ3) is 2.87. The topological polar surface area (TPSA) is 55.2 Å². The summed E-state index contributed by atoms with van der Waals surface area (Å²) in [7, 11) is 0. The SMILES string of the molecule is CCc1ccccc1NCc1ccc([N+](=O)[O-])s1. The Morgan fingerprint density at radius 1 is 1.28 bits per heavy atom. The minimum Gasteiger partial charge on any atom is -0.380 e. The summed E-state index contributed by atoms with van der Waals surface area (Å²) in [5.41, 5.74) is 2.35. The van der Waals surface area contributed by atoms with Crippen molar-refractivity contribution < 1.29 is 4.92 Å². The zero-order valence-electron chi connectivity index (χ0n) is 10.1. The van der Waals surface area contributed by atoms with E-state index in [-0.39, 0.29) is 9.92 Å². The summed E-state index contributed by atoms with van der Waals surface area (Å²) in [6.07, 6.45) is 0.966. The molecular weight excluding hydrogens is 248 g/mol. The number of benzene rings is 1. The highest BCUT2D eigenvalue weighted by atomic mass is 32.1. The van der Waals surface area contributed by atoms with E-state index in [1.54, 1.807) is 12.1 Å². The third-order valence-corrected chi connectivity index (χ3v) is 3.72. The Bertz CT molecular complexity index is 551. The van der Waals surface area contributed by atoms with Crippen molar-refractivity contribution in [2.24, 2.45) is 0 Å². The summed E-state index contributed by atoms with van der Waals surface area (Å²) < 4.78 is 0. The van der Waals surface area contributed by atoms with E-state index in [2.05, 4.69) is 18.3 Å². The number of nitrogens with zero attached hydrogens (tertiary/aromatic N) is 1. The Kier molecular flexibility index (Phi) is 3.94. The van der Waals surface area contributed by atoms with E-state index >= 15 is 0 Å². The van der Waals surface area contributed by atoms with Crippen LogP contribution in [0.15, 0.2) is 36.4 Å². The van der Waals surface area contributed by atoms with Crippen molar-refractivity contribution in [2.75, 3.05) is 5.32 Å². The standard InChI is InChI=1S/C13H14N2O2S/c1-2-10-5-3-4-6-12(10)14-9-11-7-8-13(18-11)15(16)17/h3-8,14H,2,9H2,1H3. The lowest BCUT2D eigenvalue weighted by molar-refractivity contribution is -0.380. The first kappa shape index (κ1) is 12.6. The lowest BCUT2D eigenvalue weighted by Crippen LogP contribution is -2.00. The monoisotopic (exact) mass is 262 g/mol. The summed E-state index contributed by atoms with van der Waals surface area (Å²) in [5, 5.41) is 14.1. The number of hydrogen-bond acceptors (Lipinski definition) is 4. The van der Waals surface area contributed by atoms with Crippen molar-refractivity contribution in [2.45, 2.75) is 19.9 Å². The number of rotatable bonds is 5. The number of aryl methyl sites for hydroxylation is 1. The number of anilines is 1. The van der Waals surface area contributed by atoms with Crippen LogP contribution in [-0.2, 0) is 13.0 Å². The molecule has 0 amide bonds. The zero-order valence-corrected chi connectivity index (χ0v) is 10.9. The molecular formula is C13H14N2O2S. The highest BCUT2D eigenvalue weighted by Crippen LogP contribution is 2.25. The van der Waals surface area contributed by atoms with Crippen molar-refractivity contribution in [1.29, 1.82) is 0 Å². The Hall–Kier alpha value is -1.88. The predicted molar refractivity (Wildman–Crippen MR) is 74.1 cm³/mol. The molecule has 1 heterocycles. The molecule has 0 saturated heterocycles. The molecule has 1 N–H and O–H groups in total. The van der Waals surface area contributed by atoms with Gasteiger partial charge in [-0.25, -0.2) is 0 Å². The fourth-order valence-electron chi connectivity index (χ4n) is 1.74. The molecule has 0 bridgehead atoms. The fraction of sp³-hybridized carbons (Fsp3) is 0.231. The lowest BCUT2D eigenvalue weighted by Gasteiger charge is -2.09. The van der Waals surface area contributed by atoms with Crippen molar-refractivity contribution in [3.8, 4) is 0 Å². The molecule has 0 fully saturated rings. The van der Waals surface area contributed by atoms with Crippen LogP contribution in [0.1, 0.15) is 17.4 Å². The van der Waals surface area contributed by atoms with E-state index in [9.17, 15) is 10.1 Å². The minimum absolute atomic E-state index is 0.190. The first-order valence-corrected chi connectivity index (χ1v) is 6.57. The van der Waals surface area contributed by atoms with Gasteiger partial charge in [-0.15, -0.1) is 0 Å². The Labute approximate surface area is 109 Å². The van der Waals surface area contributed by atoms with Crippen molar-refractivity contribution in [3.05, 3.63) is 57.0 Å². The molecule has 0 spiro atoms. The Morgan fingerprint density at radius 3 is 2.72 bits per heavy atom. The van der Waals surface area contributed by atoms with Crippen LogP contribution in [0.25, 0.3) is 0 Å². The van der Waals surface area contributed by atoms with E-state index in [0.717, 1.165) is 17.0 Å². The van der Waals surface area contributed by atoms with Crippen LogP contribution in [0, 0.1) is 10.1 Å². The average Bonchev–Trinajstić information content (AvgIpc) is 2.85. The van der Waals surface area contributed by atoms with Crippen LogP contribution in [0.2, 0.25) is 0 Å². The maximum absolute atomic E-state index is 10.6. The van der Waals surface area contributed by atoms with Crippen LogP contribution in [0.3, 0.4) is 0 Å². The normalized spacial score (nSPS) is 10.3. The molecule has 0 aliphatic rings. The number of thiophene rings is 1. The van der Waals surface area contributed by atoms with E-state index < -0.39 is 0 Å². The highest BCUT2D eigenvalue weighted by Gasteiger charge is 2.09. The van der Waals surface area contributed by atoms with E-state index in [4.69, 9.17) is 0 Å². The van der Waals surface area contributed by atoms with Gasteiger partial charge in [-0.1, -0.05) is 36.5 Å². The van der Waals surface area contributed by atoms with Crippen LogP contribution in [-0.4, -0.2) is 4.92 Å². The molecule has 4 nitrogen and oxygen atoms in total. The summed E-state index contributed by atoms with van der Waals surface area (Å²) >= 11 is 1.21. The van der Waals surface area contributed by atoms with Gasteiger partial charge >= 0.3 is 5.00 Å². The van der Waals surface area contributed by atoms with Crippen LogP contribution in [0.5, 0.6) is 0 Å². The second kappa shape index (κ2) is 5.64. The van der Waals surface area contributed by atoms with Crippen LogP contribution in [0.4, 0.5) is 10.7 Å². The van der Waals surface area contributed by atoms with E-state index in [1.165, 1.54) is 16.9 Å². The van der Waals surface area contributed by atoms with Gasteiger partial charge in [-0.05, 0) is 24.1 Å². The predicted octanol–water partition coefficient (Wildman–Crippen LogP) is 3.83. The summed E-state index contributed by atoms with van der Waals surface area (Å²) in [4.78, 5) is 11.2. The Balaban J connectivity index is 2.04. The largest absolute Gasteiger partial charge is 0.380 e. The molecule has 1 aromatic heterocycles.